The molecule has 1 aromatic rings. The van der Waals surface area contributed by atoms with E-state index in [0.717, 1.165) is 6.07 Å². The lowest BCUT2D eigenvalue weighted by molar-refractivity contribution is -0.143. The van der Waals surface area contributed by atoms with Crippen molar-refractivity contribution in [2.75, 3.05) is 5.73 Å². The maximum Gasteiger partial charge on any atom is 0.436 e. The first-order valence-corrected chi connectivity index (χ1v) is 3.40. The molecule has 0 radical (unpaired) electrons. The second-order valence-corrected chi connectivity index (χ2v) is 2.46. The summed E-state index contributed by atoms with van der Waals surface area (Å²) in [5, 5.41) is 8.23. The largest absolute Gasteiger partial charge is 0.436 e. The first-order chi connectivity index (χ1) is 6.79. The Balaban J connectivity index is 3.58. The quantitative estimate of drug-likeness (QED) is 0.682. The molecular formula is C7H2F5N3. The van der Waals surface area contributed by atoms with Gasteiger partial charge in [-0.25, -0.2) is 13.8 Å². The van der Waals surface area contributed by atoms with Gasteiger partial charge in [0.1, 0.15) is 11.8 Å². The number of nitrogens with two attached hydrogens (primary N) is 1. The van der Waals surface area contributed by atoms with Crippen LogP contribution >= 0.6 is 0 Å². The van der Waals surface area contributed by atoms with Crippen molar-refractivity contribution in [1.82, 2.24) is 4.98 Å². The molecule has 0 saturated heterocycles. The molecule has 0 aromatic carbocycles. The topological polar surface area (TPSA) is 62.7 Å². The molecule has 15 heavy (non-hydrogen) atoms. The molecule has 2 N–H and O–H groups in total. The zero-order valence-corrected chi connectivity index (χ0v) is 6.86. The fourth-order valence-electron chi connectivity index (χ4n) is 0.823. The van der Waals surface area contributed by atoms with Gasteiger partial charge in [-0.1, -0.05) is 0 Å². The number of nitrogen functional groups attached to an aromatic ring is 1. The third-order valence-electron chi connectivity index (χ3n) is 1.49. The average Bonchev–Trinajstić information content (AvgIpc) is 2.13. The Kier molecular flexibility index (Phi) is 2.49. The molecule has 0 bridgehead atoms. The molecule has 1 rings (SSSR count). The van der Waals surface area contributed by atoms with Crippen molar-refractivity contribution < 1.29 is 22.0 Å². The normalized spacial score (nSPS) is 11.2. The first-order valence-electron chi connectivity index (χ1n) is 3.40. The van der Waals surface area contributed by atoms with E-state index < -0.39 is 34.9 Å². The van der Waals surface area contributed by atoms with E-state index in [1.54, 1.807) is 0 Å². The van der Waals surface area contributed by atoms with Crippen LogP contribution in [-0.2, 0) is 6.18 Å². The van der Waals surface area contributed by atoms with Crippen molar-refractivity contribution in [3.63, 3.8) is 0 Å². The monoisotopic (exact) mass is 223 g/mol. The molecule has 0 spiro atoms. The highest BCUT2D eigenvalue weighted by Gasteiger charge is 2.38. The van der Waals surface area contributed by atoms with Gasteiger partial charge in [-0.15, -0.1) is 0 Å². The molecule has 0 fully saturated rings. The van der Waals surface area contributed by atoms with Crippen LogP contribution in [0.25, 0.3) is 0 Å². The summed E-state index contributed by atoms with van der Waals surface area (Å²) in [6.07, 6.45) is -5.13. The molecule has 1 heterocycles. The van der Waals surface area contributed by atoms with Gasteiger partial charge in [-0.2, -0.15) is 18.4 Å². The summed E-state index contributed by atoms with van der Waals surface area (Å²) in [6.45, 7) is 0. The van der Waals surface area contributed by atoms with Crippen LogP contribution in [0.2, 0.25) is 0 Å². The predicted octanol–water partition coefficient (Wildman–Crippen LogP) is 1.83. The smallest absolute Gasteiger partial charge is 0.394 e. The van der Waals surface area contributed by atoms with Crippen molar-refractivity contribution in [2.45, 2.75) is 6.18 Å². The molecular weight excluding hydrogens is 221 g/mol. The lowest BCUT2D eigenvalue weighted by Crippen LogP contribution is -2.15. The van der Waals surface area contributed by atoms with Gasteiger partial charge in [0.25, 0.3) is 0 Å². The van der Waals surface area contributed by atoms with Crippen molar-refractivity contribution in [3.05, 3.63) is 23.0 Å². The Hall–Kier alpha value is -1.91. The Labute approximate surface area is 79.9 Å². The molecule has 0 amide bonds. The van der Waals surface area contributed by atoms with E-state index in [2.05, 4.69) is 4.98 Å². The minimum atomic E-state index is -5.13. The fourth-order valence-corrected chi connectivity index (χ4v) is 0.823. The van der Waals surface area contributed by atoms with E-state index in [4.69, 9.17) is 11.0 Å². The summed E-state index contributed by atoms with van der Waals surface area (Å²) < 4.78 is 61.9. The van der Waals surface area contributed by atoms with Crippen molar-refractivity contribution in [3.8, 4) is 6.07 Å². The number of hydrogen-bond acceptors (Lipinski definition) is 3. The molecule has 0 aliphatic carbocycles. The Morgan fingerprint density at radius 3 is 2.13 bits per heavy atom. The summed E-state index contributed by atoms with van der Waals surface area (Å²) in [4.78, 5) is 2.51. The highest BCUT2D eigenvalue weighted by molar-refractivity contribution is 5.48. The summed E-state index contributed by atoms with van der Waals surface area (Å²) in [6, 6.07) is 1.04. The number of rotatable bonds is 0. The fraction of sp³-hybridized carbons (Fsp3) is 0.143. The molecule has 80 valence electrons. The summed E-state index contributed by atoms with van der Waals surface area (Å²) in [5.41, 5.74) is 0.153. The maximum absolute atomic E-state index is 12.8. The summed E-state index contributed by atoms with van der Waals surface area (Å²) in [7, 11) is 0. The number of anilines is 1. The lowest BCUT2D eigenvalue weighted by atomic mass is 10.2. The van der Waals surface area contributed by atoms with E-state index in [9.17, 15) is 22.0 Å². The van der Waals surface area contributed by atoms with Gasteiger partial charge in [0.05, 0.1) is 0 Å². The molecule has 0 aliphatic heterocycles. The molecule has 0 aliphatic rings. The second-order valence-electron chi connectivity index (χ2n) is 2.46. The molecule has 3 nitrogen and oxygen atoms in total. The van der Waals surface area contributed by atoms with Gasteiger partial charge in [-0.05, 0) is 0 Å². The molecule has 1 aromatic heterocycles. The van der Waals surface area contributed by atoms with Gasteiger partial charge in [0.15, 0.2) is 23.0 Å². The number of halogens is 5. The van der Waals surface area contributed by atoms with Gasteiger partial charge >= 0.3 is 6.18 Å². The number of nitrogens with zero attached hydrogens (tertiary/aromatic N) is 2. The van der Waals surface area contributed by atoms with Crippen LogP contribution in [0.3, 0.4) is 0 Å². The maximum atomic E-state index is 12.8. The zero-order valence-electron chi connectivity index (χ0n) is 6.86. The Morgan fingerprint density at radius 1 is 1.20 bits per heavy atom. The SMILES string of the molecule is N#Cc1nc(C(F)(F)F)c(F)c(N)c1F. The number of pyridine rings is 1. The van der Waals surface area contributed by atoms with Crippen molar-refractivity contribution in [1.29, 1.82) is 5.26 Å². The van der Waals surface area contributed by atoms with E-state index in [-0.39, 0.29) is 0 Å². The van der Waals surface area contributed by atoms with E-state index >= 15 is 0 Å². The standard InChI is InChI=1S/C7H2F5N3/c8-3-2(1-13)15-6(7(10,11)12)4(9)5(3)14/h(H2,14,15). The minimum absolute atomic E-state index is 1.04. The highest BCUT2D eigenvalue weighted by Crippen LogP contribution is 2.33. The molecule has 0 atom stereocenters. The zero-order chi connectivity index (χ0) is 11.8. The van der Waals surface area contributed by atoms with E-state index in [1.807, 2.05) is 0 Å². The molecule has 0 unspecified atom stereocenters. The number of alkyl halides is 3. The van der Waals surface area contributed by atoms with Gasteiger partial charge in [-0.3, -0.25) is 0 Å². The minimum Gasteiger partial charge on any atom is -0.394 e. The van der Waals surface area contributed by atoms with Gasteiger partial charge < -0.3 is 5.73 Å². The van der Waals surface area contributed by atoms with Crippen molar-refractivity contribution in [2.24, 2.45) is 0 Å². The molecule has 0 saturated carbocycles. The van der Waals surface area contributed by atoms with E-state index in [1.165, 1.54) is 0 Å². The average molecular weight is 223 g/mol. The van der Waals surface area contributed by atoms with Crippen LogP contribution in [0.4, 0.5) is 27.6 Å². The first kappa shape index (κ1) is 11.2. The third-order valence-corrected chi connectivity index (χ3v) is 1.49. The van der Waals surface area contributed by atoms with Crippen LogP contribution in [0.1, 0.15) is 11.4 Å². The second kappa shape index (κ2) is 3.34. The predicted molar refractivity (Wildman–Crippen MR) is 38.3 cm³/mol. The van der Waals surface area contributed by atoms with Crippen LogP contribution in [0.5, 0.6) is 0 Å². The third kappa shape index (κ3) is 1.81. The molecule has 8 heteroatoms. The van der Waals surface area contributed by atoms with Gasteiger partial charge in [0.2, 0.25) is 0 Å². The van der Waals surface area contributed by atoms with Crippen LogP contribution < -0.4 is 5.73 Å². The summed E-state index contributed by atoms with van der Waals surface area (Å²) >= 11 is 0. The van der Waals surface area contributed by atoms with Crippen LogP contribution in [0, 0.1) is 23.0 Å². The van der Waals surface area contributed by atoms with Gasteiger partial charge in [0, 0.05) is 0 Å². The Morgan fingerprint density at radius 2 is 1.73 bits per heavy atom. The highest BCUT2D eigenvalue weighted by atomic mass is 19.4. The van der Waals surface area contributed by atoms with Crippen LogP contribution in [0.15, 0.2) is 0 Å². The number of aromatic nitrogens is 1. The van der Waals surface area contributed by atoms with Crippen molar-refractivity contribution >= 4 is 5.69 Å². The number of hydrogen-bond donors (Lipinski definition) is 1. The number of nitriles is 1. The lowest BCUT2D eigenvalue weighted by Gasteiger charge is -2.09. The van der Waals surface area contributed by atoms with E-state index in [0.29, 0.717) is 0 Å². The summed E-state index contributed by atoms with van der Waals surface area (Å²) in [5.74, 6) is -3.61. The Bertz CT molecular complexity index is 445. The van der Waals surface area contributed by atoms with Crippen LogP contribution in [-0.4, -0.2) is 4.98 Å².